The summed E-state index contributed by atoms with van der Waals surface area (Å²) in [6.45, 7) is 0. The molecule has 0 radical (unpaired) electrons. The van der Waals surface area contributed by atoms with Crippen molar-refractivity contribution in [2.75, 3.05) is 16.4 Å². The fraction of sp³-hybridized carbons (Fsp3) is 0.182. The average molecular weight is 267 g/mol. The number of phenolic OH excluding ortho intramolecular Hbond substituents is 1. The molecule has 1 aromatic carbocycles. The lowest BCUT2D eigenvalue weighted by Gasteiger charge is -2.25. The maximum absolute atomic E-state index is 11.7. The second kappa shape index (κ2) is 4.69. The number of imide groups is 1. The van der Waals surface area contributed by atoms with Gasteiger partial charge in [-0.1, -0.05) is 0 Å². The summed E-state index contributed by atoms with van der Waals surface area (Å²) >= 11 is 1.19. The molecule has 1 heterocycles. The van der Waals surface area contributed by atoms with Crippen molar-refractivity contribution in [1.82, 2.24) is 0 Å². The van der Waals surface area contributed by atoms with Gasteiger partial charge >= 0.3 is 5.97 Å². The van der Waals surface area contributed by atoms with Gasteiger partial charge in [0, 0.05) is 0 Å². The van der Waals surface area contributed by atoms with Gasteiger partial charge in [0.05, 0.1) is 22.8 Å². The Morgan fingerprint density at radius 3 is 2.39 bits per heavy atom. The van der Waals surface area contributed by atoms with Crippen LogP contribution in [0, 0.1) is 0 Å². The van der Waals surface area contributed by atoms with E-state index in [-0.39, 0.29) is 28.5 Å². The van der Waals surface area contributed by atoms with Gasteiger partial charge in [-0.2, -0.15) is 0 Å². The lowest BCUT2D eigenvalue weighted by atomic mass is 10.1. The number of rotatable bonds is 2. The fourth-order valence-corrected chi connectivity index (χ4v) is 2.36. The maximum Gasteiger partial charge on any atom is 0.337 e. The quantitative estimate of drug-likeness (QED) is 0.766. The van der Waals surface area contributed by atoms with Crippen LogP contribution in [0.4, 0.5) is 5.69 Å². The molecule has 1 aliphatic heterocycles. The molecule has 1 saturated heterocycles. The van der Waals surface area contributed by atoms with Crippen LogP contribution in [0.25, 0.3) is 0 Å². The van der Waals surface area contributed by atoms with Crippen molar-refractivity contribution in [1.29, 1.82) is 0 Å². The zero-order valence-corrected chi connectivity index (χ0v) is 9.94. The first-order valence-corrected chi connectivity index (χ1v) is 6.16. The highest BCUT2D eigenvalue weighted by atomic mass is 32.2. The number of thioether (sulfide) groups is 1. The first-order chi connectivity index (χ1) is 8.50. The van der Waals surface area contributed by atoms with Crippen LogP contribution < -0.4 is 4.90 Å². The molecule has 0 aliphatic carbocycles. The Morgan fingerprint density at radius 2 is 1.83 bits per heavy atom. The number of benzene rings is 1. The minimum Gasteiger partial charge on any atom is -0.508 e. The number of anilines is 1. The number of hydrogen-bond donors (Lipinski definition) is 2. The van der Waals surface area contributed by atoms with Crippen LogP contribution in [0.15, 0.2) is 18.2 Å². The molecule has 94 valence electrons. The number of carbonyl (C=O) groups is 3. The van der Waals surface area contributed by atoms with Gasteiger partial charge in [-0.15, -0.1) is 11.8 Å². The minimum absolute atomic E-state index is 0.00407. The molecule has 2 rings (SSSR count). The largest absolute Gasteiger partial charge is 0.508 e. The van der Waals surface area contributed by atoms with Gasteiger partial charge in [0.2, 0.25) is 11.8 Å². The molecule has 0 aromatic heterocycles. The average Bonchev–Trinajstić information content (AvgIpc) is 2.30. The third kappa shape index (κ3) is 2.17. The van der Waals surface area contributed by atoms with Gasteiger partial charge in [-0.25, -0.2) is 9.69 Å². The Labute approximate surface area is 106 Å². The van der Waals surface area contributed by atoms with Gasteiger partial charge in [0.1, 0.15) is 5.75 Å². The van der Waals surface area contributed by atoms with Crippen molar-refractivity contribution in [3.05, 3.63) is 23.8 Å². The van der Waals surface area contributed by atoms with Crippen LogP contribution in [-0.2, 0) is 9.59 Å². The SMILES string of the molecule is O=C(O)c1cc(O)ccc1N1C(=O)CSCC1=O. The second-order valence-corrected chi connectivity index (χ2v) is 4.61. The second-order valence-electron chi connectivity index (χ2n) is 3.62. The summed E-state index contributed by atoms with van der Waals surface area (Å²) in [6.07, 6.45) is 0. The summed E-state index contributed by atoms with van der Waals surface area (Å²) in [7, 11) is 0. The molecular weight excluding hydrogens is 258 g/mol. The summed E-state index contributed by atoms with van der Waals surface area (Å²) in [4.78, 5) is 35.3. The fourth-order valence-electron chi connectivity index (χ4n) is 1.65. The first-order valence-electron chi connectivity index (χ1n) is 5.00. The monoisotopic (exact) mass is 267 g/mol. The van der Waals surface area contributed by atoms with E-state index < -0.39 is 17.8 Å². The number of aromatic carboxylic acids is 1. The Morgan fingerprint density at radius 1 is 1.22 bits per heavy atom. The first kappa shape index (κ1) is 12.4. The van der Waals surface area contributed by atoms with E-state index in [1.165, 1.54) is 23.9 Å². The van der Waals surface area contributed by atoms with Crippen molar-refractivity contribution in [3.63, 3.8) is 0 Å². The molecule has 1 aromatic rings. The minimum atomic E-state index is -1.31. The number of carboxylic acid groups (broad SMARTS) is 1. The zero-order chi connectivity index (χ0) is 13.3. The van der Waals surface area contributed by atoms with Gasteiger partial charge < -0.3 is 10.2 Å². The number of nitrogens with zero attached hydrogens (tertiary/aromatic N) is 1. The number of carboxylic acids is 1. The number of amides is 2. The van der Waals surface area contributed by atoms with E-state index in [0.29, 0.717) is 0 Å². The number of carbonyl (C=O) groups excluding carboxylic acids is 2. The molecule has 2 amide bonds. The number of hydrogen-bond acceptors (Lipinski definition) is 5. The summed E-state index contributed by atoms with van der Waals surface area (Å²) in [5, 5.41) is 18.3. The molecule has 1 aliphatic rings. The van der Waals surface area contributed by atoms with Crippen LogP contribution in [0.3, 0.4) is 0 Å². The molecule has 0 atom stereocenters. The predicted octanol–water partition coefficient (Wildman–Crippen LogP) is 0.697. The lowest BCUT2D eigenvalue weighted by molar-refractivity contribution is -0.124. The van der Waals surface area contributed by atoms with Gasteiger partial charge in [0.25, 0.3) is 0 Å². The molecule has 1 fully saturated rings. The lowest BCUT2D eigenvalue weighted by Crippen LogP contribution is -2.43. The third-order valence-electron chi connectivity index (χ3n) is 2.40. The predicted molar refractivity (Wildman–Crippen MR) is 64.9 cm³/mol. The van der Waals surface area contributed by atoms with Gasteiger partial charge in [-0.05, 0) is 18.2 Å². The number of aromatic hydroxyl groups is 1. The summed E-state index contributed by atoms with van der Waals surface area (Å²) < 4.78 is 0. The van der Waals surface area contributed by atoms with Crippen molar-refractivity contribution < 1.29 is 24.6 Å². The van der Waals surface area contributed by atoms with E-state index in [4.69, 9.17) is 5.11 Å². The highest BCUT2D eigenvalue weighted by molar-refractivity contribution is 8.00. The zero-order valence-electron chi connectivity index (χ0n) is 9.12. The van der Waals surface area contributed by atoms with Crippen LogP contribution in [0.1, 0.15) is 10.4 Å². The molecule has 18 heavy (non-hydrogen) atoms. The molecule has 0 spiro atoms. The molecule has 2 N–H and O–H groups in total. The van der Waals surface area contributed by atoms with Crippen molar-refractivity contribution in [2.45, 2.75) is 0 Å². The molecule has 6 nitrogen and oxygen atoms in total. The third-order valence-corrected chi connectivity index (χ3v) is 3.30. The van der Waals surface area contributed by atoms with Crippen LogP contribution in [0.2, 0.25) is 0 Å². The molecule has 0 unspecified atom stereocenters. The molecule has 0 saturated carbocycles. The summed E-state index contributed by atoms with van der Waals surface area (Å²) in [5.41, 5.74) is -0.279. The normalized spacial score (nSPS) is 15.9. The van der Waals surface area contributed by atoms with Crippen molar-refractivity contribution in [2.24, 2.45) is 0 Å². The molecule has 0 bridgehead atoms. The highest BCUT2D eigenvalue weighted by Crippen LogP contribution is 2.28. The topological polar surface area (TPSA) is 94.9 Å². The van der Waals surface area contributed by atoms with Crippen LogP contribution in [-0.4, -0.2) is 39.5 Å². The Bertz CT molecular complexity index is 526. The summed E-state index contributed by atoms with van der Waals surface area (Å²) in [6, 6.07) is 3.51. The standard InChI is InChI=1S/C11H9NO5S/c13-6-1-2-8(7(3-6)11(16)17)12-9(14)4-18-5-10(12)15/h1-3,13H,4-5H2,(H,16,17). The van der Waals surface area contributed by atoms with E-state index in [9.17, 15) is 19.5 Å². The smallest absolute Gasteiger partial charge is 0.337 e. The number of phenols is 1. The summed E-state index contributed by atoms with van der Waals surface area (Å²) in [5.74, 6) is -2.19. The Balaban J connectivity index is 2.52. The van der Waals surface area contributed by atoms with E-state index >= 15 is 0 Å². The van der Waals surface area contributed by atoms with Gasteiger partial charge in [0.15, 0.2) is 0 Å². The Kier molecular flexibility index (Phi) is 3.24. The van der Waals surface area contributed by atoms with Crippen LogP contribution >= 0.6 is 11.8 Å². The van der Waals surface area contributed by atoms with E-state index in [0.717, 1.165) is 11.0 Å². The van der Waals surface area contributed by atoms with E-state index in [1.54, 1.807) is 0 Å². The van der Waals surface area contributed by atoms with Crippen molar-refractivity contribution >= 4 is 35.2 Å². The molecular formula is C11H9NO5S. The maximum atomic E-state index is 11.7. The van der Waals surface area contributed by atoms with E-state index in [2.05, 4.69) is 0 Å². The highest BCUT2D eigenvalue weighted by Gasteiger charge is 2.30. The van der Waals surface area contributed by atoms with Crippen LogP contribution in [0.5, 0.6) is 5.75 Å². The van der Waals surface area contributed by atoms with E-state index in [1.807, 2.05) is 0 Å². The molecule has 7 heteroatoms. The van der Waals surface area contributed by atoms with Gasteiger partial charge in [-0.3, -0.25) is 9.59 Å². The van der Waals surface area contributed by atoms with Crippen molar-refractivity contribution in [3.8, 4) is 5.75 Å². The Hall–Kier alpha value is -2.02.